The molecular weight excluding hydrogens is 355 g/mol. The third-order valence-corrected chi connectivity index (χ3v) is 4.56. The molecule has 7 heteroatoms. The van der Waals surface area contributed by atoms with Crippen molar-refractivity contribution in [3.05, 3.63) is 70.9 Å². The molecule has 0 aliphatic heterocycles. The summed E-state index contributed by atoms with van der Waals surface area (Å²) in [5.41, 5.74) is 1.63. The van der Waals surface area contributed by atoms with E-state index in [0.717, 1.165) is 11.6 Å². The van der Waals surface area contributed by atoms with Crippen LogP contribution < -0.4 is 5.32 Å². The summed E-state index contributed by atoms with van der Waals surface area (Å²) in [6.07, 6.45) is 0.0498. The maximum Gasteiger partial charge on any atom is 0.310 e. The number of esters is 1. The van der Waals surface area contributed by atoms with Gasteiger partial charge in [0.25, 0.3) is 5.91 Å². The minimum absolute atomic E-state index is 0.0498. The van der Waals surface area contributed by atoms with E-state index in [1.807, 2.05) is 30.3 Å². The van der Waals surface area contributed by atoms with Gasteiger partial charge in [-0.1, -0.05) is 36.4 Å². The third-order valence-electron chi connectivity index (χ3n) is 3.58. The van der Waals surface area contributed by atoms with Gasteiger partial charge in [-0.2, -0.15) is 0 Å². The number of aromatic nitrogens is 1. The van der Waals surface area contributed by atoms with E-state index in [9.17, 15) is 14.0 Å². The van der Waals surface area contributed by atoms with Gasteiger partial charge >= 0.3 is 5.97 Å². The highest BCUT2D eigenvalue weighted by Gasteiger charge is 2.18. The number of methoxy groups -OCH3 is 1. The summed E-state index contributed by atoms with van der Waals surface area (Å²) in [5.74, 6) is -1.36. The molecular formula is C19H15FN2O3S. The van der Waals surface area contributed by atoms with Crippen LogP contribution >= 0.6 is 11.3 Å². The molecule has 0 aliphatic rings. The summed E-state index contributed by atoms with van der Waals surface area (Å²) < 4.78 is 18.0. The van der Waals surface area contributed by atoms with Crippen molar-refractivity contribution < 1.29 is 18.7 Å². The summed E-state index contributed by atoms with van der Waals surface area (Å²) in [6.45, 7) is 0. The zero-order valence-electron chi connectivity index (χ0n) is 13.9. The highest BCUT2D eigenvalue weighted by atomic mass is 32.1. The second kappa shape index (κ2) is 7.88. The number of anilines is 1. The maximum absolute atomic E-state index is 13.3. The number of hydrogen-bond donors (Lipinski definition) is 1. The molecule has 26 heavy (non-hydrogen) atoms. The number of carbonyl (C=O) groups is 2. The van der Waals surface area contributed by atoms with Crippen LogP contribution in [-0.2, 0) is 16.0 Å². The molecule has 1 aromatic heterocycles. The number of ether oxygens (including phenoxy) is 1. The maximum atomic E-state index is 13.3. The number of amides is 1. The molecule has 1 heterocycles. The molecule has 1 N–H and O–H groups in total. The van der Waals surface area contributed by atoms with Crippen molar-refractivity contribution in [3.63, 3.8) is 0 Å². The quantitative estimate of drug-likeness (QED) is 0.691. The lowest BCUT2D eigenvalue weighted by molar-refractivity contribution is -0.139. The number of halogens is 1. The molecule has 0 unspecified atom stereocenters. The van der Waals surface area contributed by atoms with Crippen molar-refractivity contribution >= 4 is 28.3 Å². The number of benzene rings is 2. The van der Waals surface area contributed by atoms with E-state index in [2.05, 4.69) is 10.3 Å². The molecule has 2 aromatic carbocycles. The fraction of sp³-hybridized carbons (Fsp3) is 0.105. The van der Waals surface area contributed by atoms with Crippen molar-refractivity contribution in [2.75, 3.05) is 12.4 Å². The predicted octanol–water partition coefficient (Wildman–Crippen LogP) is 3.92. The van der Waals surface area contributed by atoms with Gasteiger partial charge in [-0.3, -0.25) is 14.9 Å². The first-order valence-electron chi connectivity index (χ1n) is 7.75. The van der Waals surface area contributed by atoms with Crippen molar-refractivity contribution in [1.29, 1.82) is 0 Å². The molecule has 0 bridgehead atoms. The minimum atomic E-state index is -0.492. The number of nitrogens with zero attached hydrogens (tertiary/aromatic N) is 1. The van der Waals surface area contributed by atoms with Gasteiger partial charge < -0.3 is 4.74 Å². The molecule has 0 atom stereocenters. The Labute approximate surface area is 153 Å². The van der Waals surface area contributed by atoms with Gasteiger partial charge in [-0.15, -0.1) is 11.3 Å². The number of thiazole rings is 1. The van der Waals surface area contributed by atoms with E-state index in [-0.39, 0.29) is 12.0 Å². The average Bonchev–Trinajstić information content (AvgIpc) is 3.04. The van der Waals surface area contributed by atoms with Crippen LogP contribution in [0.25, 0.3) is 11.3 Å². The van der Waals surface area contributed by atoms with E-state index in [4.69, 9.17) is 4.74 Å². The summed E-state index contributed by atoms with van der Waals surface area (Å²) >= 11 is 1.19. The van der Waals surface area contributed by atoms with Gasteiger partial charge in [-0.25, -0.2) is 9.37 Å². The SMILES string of the molecule is COC(=O)Cc1sc(NC(=O)c2cccc(F)c2)nc1-c1ccccc1. The number of hydrogen-bond acceptors (Lipinski definition) is 5. The smallest absolute Gasteiger partial charge is 0.310 e. The van der Waals surface area contributed by atoms with Crippen LogP contribution in [0.15, 0.2) is 54.6 Å². The molecule has 3 rings (SSSR count). The van der Waals surface area contributed by atoms with Crippen molar-refractivity contribution in [2.45, 2.75) is 6.42 Å². The molecule has 132 valence electrons. The highest BCUT2D eigenvalue weighted by Crippen LogP contribution is 2.32. The van der Waals surface area contributed by atoms with Crippen LogP contribution in [-0.4, -0.2) is 24.0 Å². The van der Waals surface area contributed by atoms with Crippen LogP contribution in [0.5, 0.6) is 0 Å². The molecule has 0 saturated carbocycles. The van der Waals surface area contributed by atoms with E-state index >= 15 is 0 Å². The van der Waals surface area contributed by atoms with Crippen LogP contribution in [0.2, 0.25) is 0 Å². The normalized spacial score (nSPS) is 10.4. The van der Waals surface area contributed by atoms with Crippen LogP contribution in [0.4, 0.5) is 9.52 Å². The fourth-order valence-electron chi connectivity index (χ4n) is 2.35. The molecule has 0 fully saturated rings. The molecule has 0 radical (unpaired) electrons. The Morgan fingerprint density at radius 2 is 1.92 bits per heavy atom. The Morgan fingerprint density at radius 3 is 2.62 bits per heavy atom. The Hall–Kier alpha value is -3.06. The molecule has 1 amide bonds. The van der Waals surface area contributed by atoms with E-state index in [0.29, 0.717) is 15.7 Å². The Kier molecular flexibility index (Phi) is 5.38. The van der Waals surface area contributed by atoms with Crippen LogP contribution in [0.1, 0.15) is 15.2 Å². The van der Waals surface area contributed by atoms with E-state index in [1.165, 1.54) is 36.6 Å². The summed E-state index contributed by atoms with van der Waals surface area (Å²) in [4.78, 5) is 29.1. The zero-order valence-corrected chi connectivity index (χ0v) is 14.7. The average molecular weight is 370 g/mol. The predicted molar refractivity (Wildman–Crippen MR) is 97.6 cm³/mol. The van der Waals surface area contributed by atoms with Gasteiger partial charge in [0.2, 0.25) is 0 Å². The number of nitrogens with one attached hydrogen (secondary N) is 1. The summed E-state index contributed by atoms with van der Waals surface area (Å²) in [7, 11) is 1.32. The summed E-state index contributed by atoms with van der Waals surface area (Å²) in [5, 5.41) is 2.99. The van der Waals surface area contributed by atoms with Crippen molar-refractivity contribution in [1.82, 2.24) is 4.98 Å². The Morgan fingerprint density at radius 1 is 1.15 bits per heavy atom. The Balaban J connectivity index is 1.90. The lowest BCUT2D eigenvalue weighted by Gasteiger charge is -2.01. The van der Waals surface area contributed by atoms with Crippen molar-refractivity contribution in [2.24, 2.45) is 0 Å². The monoisotopic (exact) mass is 370 g/mol. The Bertz CT molecular complexity index is 941. The molecule has 0 saturated heterocycles. The van der Waals surface area contributed by atoms with Crippen LogP contribution in [0, 0.1) is 5.82 Å². The number of rotatable bonds is 5. The van der Waals surface area contributed by atoms with Gasteiger partial charge in [0, 0.05) is 16.0 Å². The molecule has 3 aromatic rings. The lowest BCUT2D eigenvalue weighted by Crippen LogP contribution is -2.11. The zero-order chi connectivity index (χ0) is 18.5. The largest absolute Gasteiger partial charge is 0.469 e. The highest BCUT2D eigenvalue weighted by molar-refractivity contribution is 7.16. The van der Waals surface area contributed by atoms with Gasteiger partial charge in [0.05, 0.1) is 19.2 Å². The van der Waals surface area contributed by atoms with E-state index < -0.39 is 17.7 Å². The minimum Gasteiger partial charge on any atom is -0.469 e. The van der Waals surface area contributed by atoms with Gasteiger partial charge in [0.15, 0.2) is 5.13 Å². The molecule has 0 aliphatic carbocycles. The standard InChI is InChI=1S/C19H15FN2O3S/c1-25-16(23)11-15-17(12-6-3-2-4-7-12)21-19(26-15)22-18(24)13-8-5-9-14(20)10-13/h2-10H,11H2,1H3,(H,21,22,24). The first-order valence-corrected chi connectivity index (χ1v) is 8.57. The first-order chi connectivity index (χ1) is 12.6. The second-order valence-corrected chi connectivity index (χ2v) is 6.46. The number of carbonyl (C=O) groups excluding carboxylic acids is 2. The van der Waals surface area contributed by atoms with Crippen LogP contribution in [0.3, 0.4) is 0 Å². The van der Waals surface area contributed by atoms with Gasteiger partial charge in [0.1, 0.15) is 5.82 Å². The second-order valence-electron chi connectivity index (χ2n) is 5.37. The van der Waals surface area contributed by atoms with E-state index in [1.54, 1.807) is 0 Å². The topological polar surface area (TPSA) is 68.3 Å². The lowest BCUT2D eigenvalue weighted by atomic mass is 10.1. The fourth-order valence-corrected chi connectivity index (χ4v) is 3.31. The molecule has 5 nitrogen and oxygen atoms in total. The third kappa shape index (κ3) is 4.12. The molecule has 0 spiro atoms. The summed E-state index contributed by atoms with van der Waals surface area (Å²) in [6, 6.07) is 14.7. The van der Waals surface area contributed by atoms with Crippen molar-refractivity contribution in [3.8, 4) is 11.3 Å². The van der Waals surface area contributed by atoms with Gasteiger partial charge in [-0.05, 0) is 18.2 Å². The first kappa shape index (κ1) is 17.8.